The minimum Gasteiger partial charge on any atom is -0.324 e. The van der Waals surface area contributed by atoms with Crippen LogP contribution in [-0.4, -0.2) is 10.9 Å². The molecule has 0 saturated carbocycles. The Balaban J connectivity index is 3.71. The van der Waals surface area contributed by atoms with E-state index in [2.05, 4.69) is 20.8 Å². The zero-order chi connectivity index (χ0) is 18.8. The second kappa shape index (κ2) is 17.7. The van der Waals surface area contributed by atoms with Crippen LogP contribution in [0, 0.1) is 0 Å². The fourth-order valence-electron chi connectivity index (χ4n) is 3.70. The fraction of sp³-hybridized carbons (Fsp3) is 1.00. The number of alkyl halides is 1. The van der Waals surface area contributed by atoms with Crippen molar-refractivity contribution < 1.29 is 0 Å². The van der Waals surface area contributed by atoms with Crippen LogP contribution in [0.3, 0.4) is 0 Å². The first-order chi connectivity index (χ1) is 12.1. The van der Waals surface area contributed by atoms with Gasteiger partial charge in [-0.1, -0.05) is 117 Å². The molecule has 0 aliphatic rings. The second-order valence-corrected chi connectivity index (χ2v) is 8.95. The molecule has 1 nitrogen and oxygen atoms in total. The summed E-state index contributed by atoms with van der Waals surface area (Å²) >= 11 is 6.45. The predicted molar refractivity (Wildman–Crippen MR) is 117 cm³/mol. The summed E-state index contributed by atoms with van der Waals surface area (Å²) < 4.78 is 0. The number of hydrogen-bond acceptors (Lipinski definition) is 1. The maximum Gasteiger partial charge on any atom is 0.0487 e. The molecule has 152 valence electrons. The van der Waals surface area contributed by atoms with E-state index >= 15 is 0 Å². The number of rotatable bonds is 19. The molecule has 1 unspecified atom stereocenters. The second-order valence-electron chi connectivity index (χ2n) is 8.30. The summed E-state index contributed by atoms with van der Waals surface area (Å²) in [6.07, 6.45) is 24.0. The first-order valence-electron chi connectivity index (χ1n) is 11.5. The minimum absolute atomic E-state index is 0.0848. The van der Waals surface area contributed by atoms with Crippen LogP contribution in [0.15, 0.2) is 0 Å². The van der Waals surface area contributed by atoms with Crippen molar-refractivity contribution in [1.82, 2.24) is 0 Å². The van der Waals surface area contributed by atoms with Crippen molar-refractivity contribution >= 4 is 11.6 Å². The van der Waals surface area contributed by atoms with Crippen molar-refractivity contribution in [3.05, 3.63) is 0 Å². The van der Waals surface area contributed by atoms with Gasteiger partial charge in [-0.2, -0.15) is 0 Å². The van der Waals surface area contributed by atoms with E-state index in [0.717, 1.165) is 12.8 Å². The predicted octanol–water partition coefficient (Wildman–Crippen LogP) is 8.37. The number of hydrogen-bond donors (Lipinski definition) is 1. The van der Waals surface area contributed by atoms with Crippen molar-refractivity contribution in [3.63, 3.8) is 0 Å². The van der Waals surface area contributed by atoms with Gasteiger partial charge in [0.2, 0.25) is 0 Å². The Bertz CT molecular complexity index is 245. The molecule has 0 aromatic heterocycles. The van der Waals surface area contributed by atoms with Crippen molar-refractivity contribution in [1.29, 1.82) is 0 Å². The van der Waals surface area contributed by atoms with Gasteiger partial charge in [-0.05, 0) is 19.8 Å². The summed E-state index contributed by atoms with van der Waals surface area (Å²) in [5.41, 5.74) is 6.52. The monoisotopic (exact) mass is 373 g/mol. The van der Waals surface area contributed by atoms with Crippen molar-refractivity contribution in [2.24, 2.45) is 5.73 Å². The summed E-state index contributed by atoms with van der Waals surface area (Å²) in [6.45, 7) is 6.65. The smallest absolute Gasteiger partial charge is 0.0487 e. The van der Waals surface area contributed by atoms with E-state index in [-0.39, 0.29) is 10.9 Å². The van der Waals surface area contributed by atoms with E-state index in [4.69, 9.17) is 17.3 Å². The SMILES string of the molecule is CCCCCCCCCCC(N)(CCCCCCCCCC)C(C)Cl. The third-order valence-corrected chi connectivity index (χ3v) is 6.22. The summed E-state index contributed by atoms with van der Waals surface area (Å²) in [5.74, 6) is 0. The minimum atomic E-state index is -0.147. The average molecular weight is 374 g/mol. The lowest BCUT2D eigenvalue weighted by Gasteiger charge is -2.32. The van der Waals surface area contributed by atoms with Gasteiger partial charge in [0.25, 0.3) is 0 Å². The molecule has 0 amide bonds. The van der Waals surface area contributed by atoms with E-state index in [9.17, 15) is 0 Å². The van der Waals surface area contributed by atoms with E-state index in [1.54, 1.807) is 0 Å². The number of halogens is 1. The van der Waals surface area contributed by atoms with E-state index in [1.807, 2.05) is 0 Å². The van der Waals surface area contributed by atoms with Crippen LogP contribution < -0.4 is 5.73 Å². The Morgan fingerprint density at radius 1 is 0.600 bits per heavy atom. The summed E-state index contributed by atoms with van der Waals surface area (Å²) in [4.78, 5) is 0. The summed E-state index contributed by atoms with van der Waals surface area (Å²) in [6, 6.07) is 0. The fourth-order valence-corrected chi connectivity index (χ4v) is 3.92. The molecule has 0 aromatic carbocycles. The van der Waals surface area contributed by atoms with Crippen LogP contribution >= 0.6 is 11.6 Å². The van der Waals surface area contributed by atoms with Crippen molar-refractivity contribution in [3.8, 4) is 0 Å². The Kier molecular flexibility index (Phi) is 17.8. The highest BCUT2D eigenvalue weighted by molar-refractivity contribution is 6.21. The third-order valence-electron chi connectivity index (χ3n) is 5.78. The molecule has 0 aliphatic heterocycles. The average Bonchev–Trinajstić information content (AvgIpc) is 2.59. The van der Waals surface area contributed by atoms with Gasteiger partial charge >= 0.3 is 0 Å². The Morgan fingerprint density at radius 2 is 0.880 bits per heavy atom. The number of nitrogens with two attached hydrogens (primary N) is 1. The van der Waals surface area contributed by atoms with Gasteiger partial charge in [0.15, 0.2) is 0 Å². The van der Waals surface area contributed by atoms with Gasteiger partial charge in [0.1, 0.15) is 0 Å². The summed E-state index contributed by atoms with van der Waals surface area (Å²) in [7, 11) is 0. The molecular formula is C23H48ClN. The van der Waals surface area contributed by atoms with Crippen LogP contribution in [0.1, 0.15) is 136 Å². The van der Waals surface area contributed by atoms with Gasteiger partial charge in [0, 0.05) is 10.9 Å². The lowest BCUT2D eigenvalue weighted by molar-refractivity contribution is 0.329. The van der Waals surface area contributed by atoms with Crippen LogP contribution in [-0.2, 0) is 0 Å². The highest BCUT2D eigenvalue weighted by Gasteiger charge is 2.29. The van der Waals surface area contributed by atoms with Gasteiger partial charge in [-0.15, -0.1) is 11.6 Å². The van der Waals surface area contributed by atoms with Crippen LogP contribution in [0.4, 0.5) is 0 Å². The molecule has 0 aromatic rings. The van der Waals surface area contributed by atoms with Gasteiger partial charge < -0.3 is 5.73 Å². The molecule has 2 N–H and O–H groups in total. The summed E-state index contributed by atoms with van der Waals surface area (Å²) in [5, 5.41) is 0.0848. The molecule has 0 spiro atoms. The molecular weight excluding hydrogens is 326 g/mol. The van der Waals surface area contributed by atoms with Gasteiger partial charge in [-0.25, -0.2) is 0 Å². The quantitative estimate of drug-likeness (QED) is 0.178. The first-order valence-corrected chi connectivity index (χ1v) is 11.9. The Hall–Kier alpha value is 0.250. The molecule has 25 heavy (non-hydrogen) atoms. The van der Waals surface area contributed by atoms with Gasteiger partial charge in [0.05, 0.1) is 0 Å². The first kappa shape index (κ1) is 25.2. The molecule has 0 radical (unpaired) electrons. The third kappa shape index (κ3) is 15.0. The molecule has 0 aliphatic carbocycles. The zero-order valence-electron chi connectivity index (χ0n) is 17.8. The maximum atomic E-state index is 6.67. The molecule has 2 heteroatoms. The number of unbranched alkanes of at least 4 members (excludes halogenated alkanes) is 14. The Labute approximate surface area is 164 Å². The van der Waals surface area contributed by atoms with Gasteiger partial charge in [-0.3, -0.25) is 0 Å². The Morgan fingerprint density at radius 3 is 1.16 bits per heavy atom. The molecule has 1 atom stereocenters. The highest BCUT2D eigenvalue weighted by atomic mass is 35.5. The standard InChI is InChI=1S/C23H48ClN/c1-4-6-8-10-12-14-16-18-20-23(25,22(3)24)21-19-17-15-13-11-9-7-5-2/h22H,4-21,25H2,1-3H3. The van der Waals surface area contributed by atoms with E-state index in [0.29, 0.717) is 0 Å². The molecule has 0 fully saturated rings. The molecule has 0 bridgehead atoms. The molecule has 0 saturated heterocycles. The lowest BCUT2D eigenvalue weighted by atomic mass is 9.84. The highest BCUT2D eigenvalue weighted by Crippen LogP contribution is 2.27. The normalized spacial score (nSPS) is 13.3. The van der Waals surface area contributed by atoms with E-state index in [1.165, 1.54) is 103 Å². The van der Waals surface area contributed by atoms with Crippen molar-refractivity contribution in [2.45, 2.75) is 147 Å². The van der Waals surface area contributed by atoms with Crippen LogP contribution in [0.5, 0.6) is 0 Å². The van der Waals surface area contributed by atoms with Crippen LogP contribution in [0.25, 0.3) is 0 Å². The van der Waals surface area contributed by atoms with E-state index < -0.39 is 0 Å². The maximum absolute atomic E-state index is 6.67. The topological polar surface area (TPSA) is 26.0 Å². The molecule has 0 heterocycles. The zero-order valence-corrected chi connectivity index (χ0v) is 18.5. The largest absolute Gasteiger partial charge is 0.324 e. The van der Waals surface area contributed by atoms with Crippen LogP contribution in [0.2, 0.25) is 0 Å². The lowest BCUT2D eigenvalue weighted by Crippen LogP contribution is -2.47. The molecule has 0 rings (SSSR count). The van der Waals surface area contributed by atoms with Crippen molar-refractivity contribution in [2.75, 3.05) is 0 Å².